The van der Waals surface area contributed by atoms with Crippen LogP contribution in [-0.2, 0) is 16.6 Å². The average molecular weight is 248 g/mol. The molecule has 96 valence electrons. The zero-order valence-electron chi connectivity index (χ0n) is 10.9. The van der Waals surface area contributed by atoms with E-state index < -0.39 is 12.1 Å². The lowest BCUT2D eigenvalue weighted by atomic mass is 10.1. The number of esters is 1. The molecule has 0 fully saturated rings. The van der Waals surface area contributed by atoms with Crippen molar-refractivity contribution in [2.24, 2.45) is 12.0 Å². The maximum Gasteiger partial charge on any atom is 0.351 e. The number of aryl methyl sites for hydroxylation is 2. The molecular weight excluding hydrogens is 232 g/mol. The fourth-order valence-electron chi connectivity index (χ4n) is 1.97. The summed E-state index contributed by atoms with van der Waals surface area (Å²) >= 11 is 0. The van der Waals surface area contributed by atoms with Crippen LogP contribution in [-0.4, -0.2) is 35.2 Å². The molecule has 0 saturated heterocycles. The summed E-state index contributed by atoms with van der Waals surface area (Å²) in [5, 5.41) is 7.22. The standard InChI is InChI=1S/C12H16N4O2/c1-7-5-14-16(3)10(7)9-6-13-11(12(17)18-4)15-8(9)2/h5-6,11,15H,1-4H3. The SMILES string of the molecule is COC(=O)C1N=CC(c2c(C)cnn2C)=C(C)N1. The predicted octanol–water partition coefficient (Wildman–Crippen LogP) is 0.633. The van der Waals surface area contributed by atoms with Crippen molar-refractivity contribution in [2.45, 2.75) is 20.0 Å². The van der Waals surface area contributed by atoms with E-state index in [4.69, 9.17) is 0 Å². The van der Waals surface area contributed by atoms with Crippen molar-refractivity contribution >= 4 is 17.8 Å². The number of allylic oxidation sites excluding steroid dienone is 2. The van der Waals surface area contributed by atoms with Crippen molar-refractivity contribution < 1.29 is 9.53 Å². The van der Waals surface area contributed by atoms with Gasteiger partial charge in [0, 0.05) is 24.5 Å². The summed E-state index contributed by atoms with van der Waals surface area (Å²) in [6, 6.07) is 0. The van der Waals surface area contributed by atoms with Crippen molar-refractivity contribution in [3.63, 3.8) is 0 Å². The van der Waals surface area contributed by atoms with E-state index in [0.717, 1.165) is 22.5 Å². The number of hydrogen-bond donors (Lipinski definition) is 1. The molecule has 0 radical (unpaired) electrons. The van der Waals surface area contributed by atoms with Gasteiger partial charge in [0.15, 0.2) is 0 Å². The normalized spacial score (nSPS) is 18.8. The lowest BCUT2D eigenvalue weighted by molar-refractivity contribution is -0.142. The molecule has 1 atom stereocenters. The van der Waals surface area contributed by atoms with Crippen LogP contribution in [0.4, 0.5) is 0 Å². The summed E-state index contributed by atoms with van der Waals surface area (Å²) in [5.74, 6) is -0.397. The van der Waals surface area contributed by atoms with Gasteiger partial charge in [-0.15, -0.1) is 0 Å². The van der Waals surface area contributed by atoms with E-state index in [1.54, 1.807) is 17.1 Å². The number of aromatic nitrogens is 2. The lowest BCUT2D eigenvalue weighted by Crippen LogP contribution is -2.37. The third-order valence-corrected chi connectivity index (χ3v) is 2.91. The maximum atomic E-state index is 11.4. The molecule has 0 aromatic carbocycles. The van der Waals surface area contributed by atoms with E-state index >= 15 is 0 Å². The van der Waals surface area contributed by atoms with Crippen LogP contribution in [0, 0.1) is 6.92 Å². The smallest absolute Gasteiger partial charge is 0.351 e. The molecule has 0 amide bonds. The van der Waals surface area contributed by atoms with E-state index in [1.807, 2.05) is 20.9 Å². The Kier molecular flexibility index (Phi) is 3.18. The van der Waals surface area contributed by atoms with Crippen molar-refractivity contribution in [3.8, 4) is 0 Å². The third-order valence-electron chi connectivity index (χ3n) is 2.91. The molecule has 0 saturated carbocycles. The highest BCUT2D eigenvalue weighted by Gasteiger charge is 2.23. The molecule has 1 unspecified atom stereocenters. The van der Waals surface area contributed by atoms with Crippen LogP contribution in [0.5, 0.6) is 0 Å². The highest BCUT2D eigenvalue weighted by atomic mass is 16.5. The van der Waals surface area contributed by atoms with Crippen molar-refractivity contribution in [3.05, 3.63) is 23.2 Å². The molecule has 1 aromatic heterocycles. The monoisotopic (exact) mass is 248 g/mol. The molecule has 1 aliphatic heterocycles. The van der Waals surface area contributed by atoms with Crippen LogP contribution in [0.1, 0.15) is 18.2 Å². The van der Waals surface area contributed by atoms with E-state index in [0.29, 0.717) is 0 Å². The second-order valence-corrected chi connectivity index (χ2v) is 4.19. The van der Waals surface area contributed by atoms with Crippen LogP contribution in [0.15, 0.2) is 16.9 Å². The van der Waals surface area contributed by atoms with Gasteiger partial charge in [-0.1, -0.05) is 0 Å². The Morgan fingerprint density at radius 2 is 2.22 bits per heavy atom. The number of nitrogens with one attached hydrogen (secondary N) is 1. The second kappa shape index (κ2) is 4.64. The third kappa shape index (κ3) is 2.01. The summed E-state index contributed by atoms with van der Waals surface area (Å²) in [5.41, 5.74) is 3.88. The fraction of sp³-hybridized carbons (Fsp3) is 0.417. The van der Waals surface area contributed by atoms with E-state index in [1.165, 1.54) is 7.11 Å². The number of aliphatic imine (C=N–C) groups is 1. The Bertz CT molecular complexity index is 523. The van der Waals surface area contributed by atoms with Gasteiger partial charge in [0.2, 0.25) is 6.17 Å². The van der Waals surface area contributed by atoms with E-state index in [9.17, 15) is 4.79 Å². The Balaban J connectivity index is 2.33. The average Bonchev–Trinajstić information content (AvgIpc) is 2.68. The Morgan fingerprint density at radius 3 is 2.72 bits per heavy atom. The van der Waals surface area contributed by atoms with Crippen molar-refractivity contribution in [1.82, 2.24) is 15.1 Å². The highest BCUT2D eigenvalue weighted by Crippen LogP contribution is 2.21. The van der Waals surface area contributed by atoms with Crippen LogP contribution >= 0.6 is 0 Å². The molecule has 2 rings (SSSR count). The van der Waals surface area contributed by atoms with Gasteiger partial charge in [-0.25, -0.2) is 4.79 Å². The molecule has 0 bridgehead atoms. The molecule has 6 heteroatoms. The van der Waals surface area contributed by atoms with Gasteiger partial charge in [0.25, 0.3) is 0 Å². The predicted molar refractivity (Wildman–Crippen MR) is 68.0 cm³/mol. The van der Waals surface area contributed by atoms with Gasteiger partial charge < -0.3 is 10.1 Å². The number of methoxy groups -OCH3 is 1. The molecule has 18 heavy (non-hydrogen) atoms. The minimum Gasteiger partial charge on any atom is -0.466 e. The number of carbonyl (C=O) groups is 1. The topological polar surface area (TPSA) is 68.5 Å². The molecule has 0 spiro atoms. The van der Waals surface area contributed by atoms with Crippen LogP contribution in [0.25, 0.3) is 5.57 Å². The number of nitrogens with zero attached hydrogens (tertiary/aromatic N) is 3. The molecule has 1 aromatic rings. The number of carbonyl (C=O) groups excluding carboxylic acids is 1. The fourth-order valence-corrected chi connectivity index (χ4v) is 1.97. The summed E-state index contributed by atoms with van der Waals surface area (Å²) in [4.78, 5) is 15.6. The molecule has 6 nitrogen and oxygen atoms in total. The molecule has 1 N–H and O–H groups in total. The summed E-state index contributed by atoms with van der Waals surface area (Å²) < 4.78 is 6.45. The Labute approximate surface area is 105 Å². The van der Waals surface area contributed by atoms with Crippen molar-refractivity contribution in [2.75, 3.05) is 7.11 Å². The minimum absolute atomic E-state index is 0.397. The Hall–Kier alpha value is -2.11. The second-order valence-electron chi connectivity index (χ2n) is 4.19. The van der Waals surface area contributed by atoms with Gasteiger partial charge in [-0.2, -0.15) is 5.10 Å². The zero-order valence-corrected chi connectivity index (χ0v) is 10.9. The number of hydrogen-bond acceptors (Lipinski definition) is 5. The quantitative estimate of drug-likeness (QED) is 0.779. The molecule has 0 aliphatic carbocycles. The first-order valence-electron chi connectivity index (χ1n) is 5.62. The van der Waals surface area contributed by atoms with Gasteiger partial charge in [-0.3, -0.25) is 9.67 Å². The summed E-state index contributed by atoms with van der Waals surface area (Å²) in [6.07, 6.45) is 2.83. The van der Waals surface area contributed by atoms with E-state index in [-0.39, 0.29) is 0 Å². The first kappa shape index (κ1) is 12.3. The summed E-state index contributed by atoms with van der Waals surface area (Å²) in [6.45, 7) is 3.89. The number of ether oxygens (including phenoxy) is 1. The summed E-state index contributed by atoms with van der Waals surface area (Å²) in [7, 11) is 3.22. The number of rotatable bonds is 2. The highest BCUT2D eigenvalue weighted by molar-refractivity contribution is 6.12. The van der Waals surface area contributed by atoms with Gasteiger partial charge in [-0.05, 0) is 19.4 Å². The largest absolute Gasteiger partial charge is 0.466 e. The maximum absolute atomic E-state index is 11.4. The molecule has 1 aliphatic rings. The molecular formula is C12H16N4O2. The van der Waals surface area contributed by atoms with Gasteiger partial charge in [0.1, 0.15) is 0 Å². The minimum atomic E-state index is -0.660. The first-order chi connectivity index (χ1) is 8.54. The van der Waals surface area contributed by atoms with Crippen LogP contribution in [0.2, 0.25) is 0 Å². The Morgan fingerprint density at radius 1 is 1.50 bits per heavy atom. The van der Waals surface area contributed by atoms with Crippen LogP contribution < -0.4 is 5.32 Å². The van der Waals surface area contributed by atoms with Gasteiger partial charge >= 0.3 is 5.97 Å². The zero-order chi connectivity index (χ0) is 13.3. The van der Waals surface area contributed by atoms with E-state index in [2.05, 4.69) is 20.1 Å². The van der Waals surface area contributed by atoms with Crippen LogP contribution in [0.3, 0.4) is 0 Å². The lowest BCUT2D eigenvalue weighted by Gasteiger charge is -2.21. The van der Waals surface area contributed by atoms with Crippen molar-refractivity contribution in [1.29, 1.82) is 0 Å². The first-order valence-corrected chi connectivity index (χ1v) is 5.62. The molecule has 2 heterocycles. The van der Waals surface area contributed by atoms with Gasteiger partial charge in [0.05, 0.1) is 19.0 Å².